The van der Waals surface area contributed by atoms with E-state index in [2.05, 4.69) is 23.5 Å². The summed E-state index contributed by atoms with van der Waals surface area (Å²) in [6.07, 6.45) is 9.05. The Labute approximate surface area is 207 Å². The highest BCUT2D eigenvalue weighted by atomic mass is 16.5. The van der Waals surface area contributed by atoms with Crippen molar-refractivity contribution in [3.05, 3.63) is 52.1 Å². The Morgan fingerprint density at radius 3 is 2.37 bits per heavy atom. The highest BCUT2D eigenvalue weighted by Gasteiger charge is 2.27. The van der Waals surface area contributed by atoms with Crippen molar-refractivity contribution in [2.45, 2.75) is 64.7 Å². The molecule has 190 valence electrons. The zero-order valence-electron chi connectivity index (χ0n) is 21.4. The first-order chi connectivity index (χ1) is 16.9. The Morgan fingerprint density at radius 1 is 1.14 bits per heavy atom. The van der Waals surface area contributed by atoms with E-state index in [-0.39, 0.29) is 17.2 Å². The van der Waals surface area contributed by atoms with E-state index in [1.54, 1.807) is 26.4 Å². The molecule has 1 aliphatic carbocycles. The molecule has 1 aromatic carbocycles. The smallest absolute Gasteiger partial charge is 0.264 e. The number of pyridine rings is 1. The topological polar surface area (TPSA) is 93.1 Å². The molecule has 0 bridgehead atoms. The van der Waals surface area contributed by atoms with Gasteiger partial charge in [-0.1, -0.05) is 58.1 Å². The SMILES string of the molecule is C=C(CC1CCCCC1)OC(=NC)c1c(O)c(-c2c(OC)cccc2OC)c(CCCC)[nH]c1=O. The number of hydrogen-bond acceptors (Lipinski definition) is 6. The van der Waals surface area contributed by atoms with Gasteiger partial charge in [0.1, 0.15) is 22.8 Å². The number of aromatic amines is 1. The van der Waals surface area contributed by atoms with Gasteiger partial charge >= 0.3 is 0 Å². The lowest BCUT2D eigenvalue weighted by atomic mass is 9.86. The number of aromatic hydroxyl groups is 1. The lowest BCUT2D eigenvalue weighted by molar-refractivity contribution is 0.301. The second-order valence-corrected chi connectivity index (χ2v) is 9.05. The van der Waals surface area contributed by atoms with Crippen LogP contribution >= 0.6 is 0 Å². The van der Waals surface area contributed by atoms with Gasteiger partial charge in [-0.15, -0.1) is 0 Å². The van der Waals surface area contributed by atoms with Crippen LogP contribution in [0.4, 0.5) is 0 Å². The molecule has 0 unspecified atom stereocenters. The minimum absolute atomic E-state index is 0.0273. The van der Waals surface area contributed by atoms with Gasteiger partial charge in [-0.2, -0.15) is 0 Å². The average molecular weight is 483 g/mol. The molecule has 0 radical (unpaired) electrons. The summed E-state index contributed by atoms with van der Waals surface area (Å²) in [6.45, 7) is 6.15. The summed E-state index contributed by atoms with van der Waals surface area (Å²) in [5.74, 6) is 1.94. The van der Waals surface area contributed by atoms with Crippen LogP contribution in [0.15, 0.2) is 40.3 Å². The number of nitrogens with one attached hydrogen (secondary N) is 1. The van der Waals surface area contributed by atoms with Crippen LogP contribution in [0.2, 0.25) is 0 Å². The second-order valence-electron chi connectivity index (χ2n) is 9.05. The van der Waals surface area contributed by atoms with Crippen molar-refractivity contribution in [1.29, 1.82) is 0 Å². The number of allylic oxidation sites excluding steroid dienone is 1. The quantitative estimate of drug-likeness (QED) is 0.247. The molecule has 2 N–H and O–H groups in total. The zero-order valence-corrected chi connectivity index (χ0v) is 21.4. The number of nitrogens with zero attached hydrogens (tertiary/aromatic N) is 1. The Bertz CT molecular complexity index is 1090. The van der Waals surface area contributed by atoms with Gasteiger partial charge in [0.05, 0.1) is 31.1 Å². The lowest BCUT2D eigenvalue weighted by Crippen LogP contribution is -2.23. The van der Waals surface area contributed by atoms with Crippen LogP contribution in [0.25, 0.3) is 11.1 Å². The Hall–Kier alpha value is -3.22. The van der Waals surface area contributed by atoms with Crippen molar-refractivity contribution in [1.82, 2.24) is 4.98 Å². The standard InChI is InChI=1S/C28H38N2O5/c1-6-7-14-20-23(24-21(33-4)15-11-16-22(24)34-5)26(31)25(27(32)30-20)28(29-3)35-18(2)17-19-12-9-8-10-13-19/h11,15-16,19H,2,6-10,12-14,17H2,1,3-5H3,(H2,30,31,32). The molecule has 1 fully saturated rings. The Balaban J connectivity index is 2.09. The first-order valence-electron chi connectivity index (χ1n) is 12.5. The summed E-state index contributed by atoms with van der Waals surface area (Å²) in [5.41, 5.74) is 1.13. The Kier molecular flexibility index (Phi) is 9.40. The van der Waals surface area contributed by atoms with Crippen LogP contribution in [0.3, 0.4) is 0 Å². The number of benzene rings is 1. The molecule has 3 rings (SSSR count). The number of aromatic nitrogens is 1. The molecule has 0 amide bonds. The highest BCUT2D eigenvalue weighted by Crippen LogP contribution is 2.45. The number of hydrogen-bond donors (Lipinski definition) is 2. The molecule has 0 spiro atoms. The normalized spacial score (nSPS) is 14.6. The molecule has 7 heteroatoms. The number of ether oxygens (including phenoxy) is 3. The zero-order chi connectivity index (χ0) is 25.4. The van der Waals surface area contributed by atoms with E-state index >= 15 is 0 Å². The maximum atomic E-state index is 13.2. The fourth-order valence-electron chi connectivity index (χ4n) is 4.84. The monoisotopic (exact) mass is 482 g/mol. The molecule has 1 heterocycles. The summed E-state index contributed by atoms with van der Waals surface area (Å²) in [6, 6.07) is 5.40. The van der Waals surface area contributed by atoms with E-state index in [9.17, 15) is 9.90 Å². The van der Waals surface area contributed by atoms with Gasteiger partial charge in [-0.3, -0.25) is 9.79 Å². The molecule has 1 aliphatic rings. The van der Waals surface area contributed by atoms with Crippen molar-refractivity contribution in [3.63, 3.8) is 0 Å². The predicted octanol–water partition coefficient (Wildman–Crippen LogP) is 5.98. The molecule has 0 saturated heterocycles. The lowest BCUT2D eigenvalue weighted by Gasteiger charge is -2.23. The minimum atomic E-state index is -0.461. The van der Waals surface area contributed by atoms with Crippen molar-refractivity contribution in [3.8, 4) is 28.4 Å². The highest BCUT2D eigenvalue weighted by molar-refractivity contribution is 6.00. The van der Waals surface area contributed by atoms with Crippen molar-refractivity contribution < 1.29 is 19.3 Å². The number of methoxy groups -OCH3 is 2. The van der Waals surface area contributed by atoms with E-state index in [1.807, 2.05) is 6.07 Å². The number of aryl methyl sites for hydroxylation is 1. The van der Waals surface area contributed by atoms with Crippen LogP contribution in [0.1, 0.15) is 69.5 Å². The van der Waals surface area contributed by atoms with E-state index < -0.39 is 5.56 Å². The summed E-state index contributed by atoms with van der Waals surface area (Å²) >= 11 is 0. The van der Waals surface area contributed by atoms with Crippen LogP contribution in [-0.2, 0) is 11.2 Å². The van der Waals surface area contributed by atoms with Gasteiger partial charge in [-0.25, -0.2) is 0 Å². The van der Waals surface area contributed by atoms with E-state index in [4.69, 9.17) is 14.2 Å². The van der Waals surface area contributed by atoms with E-state index in [1.165, 1.54) is 26.3 Å². The summed E-state index contributed by atoms with van der Waals surface area (Å²) < 4.78 is 17.2. The number of aliphatic imine (C=N–C) groups is 1. The van der Waals surface area contributed by atoms with Crippen molar-refractivity contribution in [2.75, 3.05) is 21.3 Å². The molecule has 35 heavy (non-hydrogen) atoms. The minimum Gasteiger partial charge on any atom is -0.506 e. The third-order valence-electron chi connectivity index (χ3n) is 6.62. The average Bonchev–Trinajstić information content (AvgIpc) is 2.86. The van der Waals surface area contributed by atoms with Crippen LogP contribution in [-0.4, -0.2) is 37.3 Å². The summed E-state index contributed by atoms with van der Waals surface area (Å²) in [5, 5.41) is 11.6. The van der Waals surface area contributed by atoms with Crippen LogP contribution in [0.5, 0.6) is 17.2 Å². The van der Waals surface area contributed by atoms with Crippen LogP contribution < -0.4 is 15.0 Å². The molecular formula is C28H38N2O5. The number of H-pyrrole nitrogens is 1. The van der Waals surface area contributed by atoms with Gasteiger partial charge in [0, 0.05) is 19.2 Å². The van der Waals surface area contributed by atoms with Gasteiger partial charge in [0.2, 0.25) is 5.90 Å². The molecule has 2 aromatic rings. The fraction of sp³-hybridized carbons (Fsp3) is 0.500. The molecule has 1 aromatic heterocycles. The molecule has 0 atom stereocenters. The van der Waals surface area contributed by atoms with Crippen LogP contribution in [0, 0.1) is 5.92 Å². The maximum absolute atomic E-state index is 13.2. The fourth-order valence-corrected chi connectivity index (χ4v) is 4.84. The van der Waals surface area contributed by atoms with Gasteiger partial charge < -0.3 is 24.3 Å². The first kappa shape index (κ1) is 26.4. The largest absolute Gasteiger partial charge is 0.506 e. The molecular weight excluding hydrogens is 444 g/mol. The van der Waals surface area contributed by atoms with Gasteiger partial charge in [0.25, 0.3) is 5.56 Å². The van der Waals surface area contributed by atoms with Crippen molar-refractivity contribution >= 4 is 5.90 Å². The first-order valence-corrected chi connectivity index (χ1v) is 12.5. The third-order valence-corrected chi connectivity index (χ3v) is 6.62. The molecule has 7 nitrogen and oxygen atoms in total. The third kappa shape index (κ3) is 6.08. The number of unbranched alkanes of at least 4 members (excludes halogenated alkanes) is 1. The summed E-state index contributed by atoms with van der Waals surface area (Å²) in [7, 11) is 4.66. The number of rotatable bonds is 10. The van der Waals surface area contributed by atoms with Crippen molar-refractivity contribution in [2.24, 2.45) is 10.9 Å². The van der Waals surface area contributed by atoms with E-state index in [0.29, 0.717) is 52.8 Å². The second kappa shape index (κ2) is 12.5. The van der Waals surface area contributed by atoms with Gasteiger partial charge in [0.15, 0.2) is 0 Å². The molecule has 0 aliphatic heterocycles. The van der Waals surface area contributed by atoms with E-state index in [0.717, 1.165) is 25.7 Å². The van der Waals surface area contributed by atoms with Gasteiger partial charge in [-0.05, 0) is 30.9 Å². The maximum Gasteiger partial charge on any atom is 0.264 e. The summed E-state index contributed by atoms with van der Waals surface area (Å²) in [4.78, 5) is 20.4. The Morgan fingerprint density at radius 2 is 1.80 bits per heavy atom. The predicted molar refractivity (Wildman–Crippen MR) is 140 cm³/mol. The molecule has 1 saturated carbocycles.